The zero-order chi connectivity index (χ0) is 23.4. The molecule has 6 heteroatoms. The summed E-state index contributed by atoms with van der Waals surface area (Å²) in [6, 6.07) is 11.0. The van der Waals surface area contributed by atoms with Crippen LogP contribution in [-0.4, -0.2) is 42.0 Å². The molecule has 172 valence electrons. The number of aromatic hydroxyl groups is 1. The number of carbonyl (C=O) groups is 2. The number of nitrogens with one attached hydrogen (secondary N) is 1. The molecule has 1 fully saturated rings. The molecule has 1 heterocycles. The number of likely N-dealkylation sites (tertiary alicyclic amines) is 1. The van der Waals surface area contributed by atoms with E-state index in [2.05, 4.69) is 19.2 Å². The number of anilines is 1. The van der Waals surface area contributed by atoms with E-state index in [4.69, 9.17) is 4.74 Å². The van der Waals surface area contributed by atoms with Crippen molar-refractivity contribution in [2.45, 2.75) is 46.5 Å². The lowest BCUT2D eigenvalue weighted by molar-refractivity contribution is -0.134. The third-order valence-electron chi connectivity index (χ3n) is 6.07. The molecule has 0 aliphatic carbocycles. The second-order valence-electron chi connectivity index (χ2n) is 9.20. The number of hydrogen-bond acceptors (Lipinski definition) is 4. The maximum absolute atomic E-state index is 13.4. The molecule has 2 N–H and O–H groups in total. The van der Waals surface area contributed by atoms with Crippen molar-refractivity contribution < 1.29 is 19.4 Å². The number of hydrogen-bond donors (Lipinski definition) is 2. The van der Waals surface area contributed by atoms with Crippen LogP contribution >= 0.6 is 0 Å². The molecule has 1 aliphatic rings. The number of rotatable bonds is 6. The number of phenols is 1. The molecule has 1 aliphatic heterocycles. The van der Waals surface area contributed by atoms with Gasteiger partial charge in [-0.1, -0.05) is 26.0 Å². The van der Waals surface area contributed by atoms with Gasteiger partial charge in [0.1, 0.15) is 11.5 Å². The number of methoxy groups -OCH3 is 1. The molecule has 6 nitrogen and oxygen atoms in total. The number of phenolic OH excluding ortho intramolecular Hbond substituents is 1. The van der Waals surface area contributed by atoms with E-state index in [-0.39, 0.29) is 29.9 Å². The van der Waals surface area contributed by atoms with Gasteiger partial charge in [0, 0.05) is 43.6 Å². The van der Waals surface area contributed by atoms with Crippen molar-refractivity contribution in [1.29, 1.82) is 0 Å². The van der Waals surface area contributed by atoms with Gasteiger partial charge in [-0.2, -0.15) is 0 Å². The van der Waals surface area contributed by atoms with Gasteiger partial charge in [0.05, 0.1) is 7.11 Å². The Balaban J connectivity index is 1.98. The lowest BCUT2D eigenvalue weighted by Gasteiger charge is -2.36. The van der Waals surface area contributed by atoms with Crippen molar-refractivity contribution in [2.24, 2.45) is 11.8 Å². The molecule has 1 saturated heterocycles. The topological polar surface area (TPSA) is 78.9 Å². The first-order valence-electron chi connectivity index (χ1n) is 11.2. The van der Waals surface area contributed by atoms with Crippen LogP contribution < -0.4 is 10.1 Å². The zero-order valence-corrected chi connectivity index (χ0v) is 19.6. The Hall–Kier alpha value is -3.02. The maximum Gasteiger partial charge on any atom is 0.223 e. The van der Waals surface area contributed by atoms with E-state index >= 15 is 0 Å². The molecular formula is C26H34N2O4. The summed E-state index contributed by atoms with van der Waals surface area (Å²) in [7, 11) is 1.57. The molecule has 0 aromatic heterocycles. The highest BCUT2D eigenvalue weighted by Gasteiger charge is 2.30. The number of amides is 2. The van der Waals surface area contributed by atoms with E-state index in [0.29, 0.717) is 28.8 Å². The molecule has 3 rings (SSSR count). The van der Waals surface area contributed by atoms with E-state index in [9.17, 15) is 14.7 Å². The van der Waals surface area contributed by atoms with Gasteiger partial charge >= 0.3 is 0 Å². The molecule has 2 aromatic rings. The first-order chi connectivity index (χ1) is 15.2. The van der Waals surface area contributed by atoms with Gasteiger partial charge in [-0.15, -0.1) is 0 Å². The SMILES string of the molecule is COc1cc(C)cc(O)c1C(CC(=O)N1CC(C)CC(C)C1)c1ccc(NC(C)=O)cc1. The number of nitrogens with zero attached hydrogens (tertiary/aromatic N) is 1. The van der Waals surface area contributed by atoms with Gasteiger partial charge < -0.3 is 20.1 Å². The standard InChI is InChI=1S/C26H34N2O4/c1-16-11-23(30)26(24(12-16)32-5)22(20-6-8-21(9-7-20)27-19(4)29)13-25(31)28-14-17(2)10-18(3)15-28/h6-9,11-12,17-18,22,30H,10,13-15H2,1-5H3,(H,27,29). The van der Waals surface area contributed by atoms with Gasteiger partial charge in [0.25, 0.3) is 0 Å². The summed E-state index contributed by atoms with van der Waals surface area (Å²) >= 11 is 0. The lowest BCUT2D eigenvalue weighted by Crippen LogP contribution is -2.43. The fourth-order valence-electron chi connectivity index (χ4n) is 4.82. The Bertz CT molecular complexity index is 961. The molecule has 0 bridgehead atoms. The van der Waals surface area contributed by atoms with Crippen molar-refractivity contribution in [3.8, 4) is 11.5 Å². The Morgan fingerprint density at radius 3 is 2.34 bits per heavy atom. The minimum atomic E-state index is -0.378. The average molecular weight is 439 g/mol. The van der Waals surface area contributed by atoms with Crippen LogP contribution in [0.25, 0.3) is 0 Å². The maximum atomic E-state index is 13.4. The van der Waals surface area contributed by atoms with Gasteiger partial charge in [-0.05, 0) is 60.6 Å². The highest BCUT2D eigenvalue weighted by atomic mass is 16.5. The summed E-state index contributed by atoms with van der Waals surface area (Å²) < 4.78 is 5.61. The van der Waals surface area contributed by atoms with Gasteiger partial charge in [0.15, 0.2) is 0 Å². The summed E-state index contributed by atoms with van der Waals surface area (Å²) in [6.07, 6.45) is 1.36. The summed E-state index contributed by atoms with van der Waals surface area (Å²) in [4.78, 5) is 26.7. The van der Waals surface area contributed by atoms with Gasteiger partial charge in [-0.3, -0.25) is 9.59 Å². The van der Waals surface area contributed by atoms with Crippen molar-refractivity contribution in [2.75, 3.05) is 25.5 Å². The highest BCUT2D eigenvalue weighted by molar-refractivity contribution is 5.88. The fourth-order valence-corrected chi connectivity index (χ4v) is 4.82. The van der Waals surface area contributed by atoms with Crippen LogP contribution in [0.4, 0.5) is 5.69 Å². The van der Waals surface area contributed by atoms with Crippen molar-refractivity contribution in [3.05, 3.63) is 53.1 Å². The Morgan fingerprint density at radius 2 is 1.78 bits per heavy atom. The molecule has 0 spiro atoms. The molecule has 3 unspecified atom stereocenters. The molecule has 2 aromatic carbocycles. The third-order valence-corrected chi connectivity index (χ3v) is 6.07. The fraction of sp³-hybridized carbons (Fsp3) is 0.462. The van der Waals surface area contributed by atoms with Crippen LogP contribution in [-0.2, 0) is 9.59 Å². The van der Waals surface area contributed by atoms with Crippen LogP contribution in [0.1, 0.15) is 56.2 Å². The van der Waals surface area contributed by atoms with Crippen LogP contribution in [0.15, 0.2) is 36.4 Å². The van der Waals surface area contributed by atoms with Gasteiger partial charge in [0.2, 0.25) is 11.8 Å². The van der Waals surface area contributed by atoms with Crippen LogP contribution in [0, 0.1) is 18.8 Å². The summed E-state index contributed by atoms with van der Waals surface area (Å²) in [5.41, 5.74) is 3.05. The Labute approximate surface area is 190 Å². The van der Waals surface area contributed by atoms with E-state index in [1.54, 1.807) is 13.2 Å². The van der Waals surface area contributed by atoms with E-state index in [0.717, 1.165) is 30.6 Å². The van der Waals surface area contributed by atoms with Crippen LogP contribution in [0.5, 0.6) is 11.5 Å². The number of piperidine rings is 1. The first-order valence-corrected chi connectivity index (χ1v) is 11.2. The predicted octanol–water partition coefficient (Wildman–Crippen LogP) is 4.69. The van der Waals surface area contributed by atoms with Crippen molar-refractivity contribution >= 4 is 17.5 Å². The minimum Gasteiger partial charge on any atom is -0.507 e. The normalized spacial score (nSPS) is 19.3. The molecule has 3 atom stereocenters. The second-order valence-corrected chi connectivity index (χ2v) is 9.20. The summed E-state index contributed by atoms with van der Waals surface area (Å²) in [6.45, 7) is 9.24. The minimum absolute atomic E-state index is 0.0707. The summed E-state index contributed by atoms with van der Waals surface area (Å²) in [5.74, 6) is 1.17. The Kier molecular flexibility index (Phi) is 7.44. The average Bonchev–Trinajstić information content (AvgIpc) is 2.71. The molecule has 32 heavy (non-hydrogen) atoms. The lowest BCUT2D eigenvalue weighted by atomic mass is 9.85. The summed E-state index contributed by atoms with van der Waals surface area (Å²) in [5, 5.41) is 13.6. The first kappa shape index (κ1) is 23.6. The molecular weight excluding hydrogens is 404 g/mol. The van der Waals surface area contributed by atoms with Crippen LogP contribution in [0.3, 0.4) is 0 Å². The van der Waals surface area contributed by atoms with Gasteiger partial charge in [-0.25, -0.2) is 0 Å². The Morgan fingerprint density at radius 1 is 1.16 bits per heavy atom. The third kappa shape index (κ3) is 5.61. The molecule has 0 radical (unpaired) electrons. The van der Waals surface area contributed by atoms with E-state index in [1.807, 2.05) is 42.2 Å². The molecule has 2 amide bonds. The van der Waals surface area contributed by atoms with E-state index in [1.165, 1.54) is 6.92 Å². The smallest absolute Gasteiger partial charge is 0.223 e. The number of aryl methyl sites for hydroxylation is 1. The molecule has 0 saturated carbocycles. The number of ether oxygens (including phenoxy) is 1. The largest absolute Gasteiger partial charge is 0.507 e. The quantitative estimate of drug-likeness (QED) is 0.686. The van der Waals surface area contributed by atoms with E-state index < -0.39 is 0 Å². The second kappa shape index (κ2) is 10.1. The number of carbonyl (C=O) groups excluding carboxylic acids is 2. The van der Waals surface area contributed by atoms with Crippen molar-refractivity contribution in [3.63, 3.8) is 0 Å². The highest BCUT2D eigenvalue weighted by Crippen LogP contribution is 2.42. The number of benzene rings is 2. The monoisotopic (exact) mass is 438 g/mol. The predicted molar refractivity (Wildman–Crippen MR) is 126 cm³/mol. The van der Waals surface area contributed by atoms with Crippen LogP contribution in [0.2, 0.25) is 0 Å². The zero-order valence-electron chi connectivity index (χ0n) is 19.6. The van der Waals surface area contributed by atoms with Crippen molar-refractivity contribution in [1.82, 2.24) is 4.90 Å².